The summed E-state index contributed by atoms with van der Waals surface area (Å²) in [5.74, 6) is 0. The van der Waals surface area contributed by atoms with Crippen LogP contribution in [-0.4, -0.2) is 36.0 Å². The van der Waals surface area contributed by atoms with Crippen molar-refractivity contribution >= 4 is 0 Å². The zero-order valence-electron chi connectivity index (χ0n) is 14.3. The van der Waals surface area contributed by atoms with Gasteiger partial charge in [0.2, 0.25) is 0 Å². The zero-order valence-corrected chi connectivity index (χ0v) is 14.3. The Kier molecular flexibility index (Phi) is 5.88. The lowest BCUT2D eigenvalue weighted by Gasteiger charge is -2.18. The third-order valence-corrected chi connectivity index (χ3v) is 4.19. The highest BCUT2D eigenvalue weighted by Crippen LogP contribution is 2.46. The minimum Gasteiger partial charge on any atom is -0.370 e. The van der Waals surface area contributed by atoms with Gasteiger partial charge >= 0.3 is 0 Å². The van der Waals surface area contributed by atoms with Crippen LogP contribution in [0.25, 0.3) is 0 Å². The molecule has 2 nitrogen and oxygen atoms in total. The summed E-state index contributed by atoms with van der Waals surface area (Å²) in [7, 11) is 0. The first-order valence-corrected chi connectivity index (χ1v) is 8.45. The van der Waals surface area contributed by atoms with Crippen molar-refractivity contribution in [1.82, 2.24) is 9.80 Å². The Labute approximate surface area is 135 Å². The largest absolute Gasteiger partial charge is 0.370 e. The molecule has 0 aromatic heterocycles. The summed E-state index contributed by atoms with van der Waals surface area (Å²) >= 11 is 0. The maximum Gasteiger partial charge on any atom is 0.0712 e. The van der Waals surface area contributed by atoms with Crippen LogP contribution in [0.4, 0.5) is 0 Å². The number of hydrogen-bond acceptors (Lipinski definition) is 2. The summed E-state index contributed by atoms with van der Waals surface area (Å²) in [6.07, 6.45) is 17.0. The van der Waals surface area contributed by atoms with Gasteiger partial charge in [-0.2, -0.15) is 0 Å². The minimum atomic E-state index is 1.06. The molecule has 0 unspecified atom stereocenters. The minimum absolute atomic E-state index is 1.06. The standard InChI is InChI=1S/C20H28N2/c1-5-21(6-2)19-18(20(19)22(7-3)8-4)17-15-13-11-9-10-12-14-16-17/h9-16H,5-8H2,1-4H3/b11-9-,12-10-,15-13-,16-14-. The lowest BCUT2D eigenvalue weighted by Crippen LogP contribution is -2.20. The molecule has 0 atom stereocenters. The molecule has 118 valence electrons. The van der Waals surface area contributed by atoms with E-state index in [0.29, 0.717) is 0 Å². The molecule has 2 aliphatic carbocycles. The Morgan fingerprint density at radius 1 is 0.591 bits per heavy atom. The van der Waals surface area contributed by atoms with E-state index in [9.17, 15) is 0 Å². The molecule has 2 heteroatoms. The maximum absolute atomic E-state index is 2.47. The highest BCUT2D eigenvalue weighted by molar-refractivity contribution is 5.70. The van der Waals surface area contributed by atoms with Gasteiger partial charge in [-0.25, -0.2) is 0 Å². The normalized spacial score (nSPS) is 22.5. The molecular formula is C20H28N2. The van der Waals surface area contributed by atoms with Crippen molar-refractivity contribution in [3.8, 4) is 0 Å². The Morgan fingerprint density at radius 2 is 0.955 bits per heavy atom. The number of rotatable bonds is 6. The maximum atomic E-state index is 2.47. The van der Waals surface area contributed by atoms with E-state index in [1.807, 2.05) is 0 Å². The van der Waals surface area contributed by atoms with E-state index < -0.39 is 0 Å². The Hall–Kier alpha value is -1.96. The summed E-state index contributed by atoms with van der Waals surface area (Å²) < 4.78 is 0. The summed E-state index contributed by atoms with van der Waals surface area (Å²) in [4.78, 5) is 4.94. The summed E-state index contributed by atoms with van der Waals surface area (Å²) in [6, 6.07) is 0. The van der Waals surface area contributed by atoms with E-state index in [2.05, 4.69) is 86.1 Å². The molecule has 0 bridgehead atoms. The molecule has 0 aliphatic heterocycles. The molecule has 0 aromatic rings. The Bertz CT molecular complexity index is 515. The lowest BCUT2D eigenvalue weighted by molar-refractivity contribution is 0.378. The van der Waals surface area contributed by atoms with Crippen molar-refractivity contribution in [3.05, 3.63) is 71.1 Å². The molecule has 0 aromatic carbocycles. The van der Waals surface area contributed by atoms with Gasteiger partial charge in [0.1, 0.15) is 0 Å². The van der Waals surface area contributed by atoms with Crippen LogP contribution in [0, 0.1) is 0 Å². The first kappa shape index (κ1) is 16.4. The molecule has 0 fully saturated rings. The second-order valence-electron chi connectivity index (χ2n) is 5.36. The number of nitrogens with zero attached hydrogens (tertiary/aromatic N) is 2. The summed E-state index contributed by atoms with van der Waals surface area (Å²) in [5.41, 5.74) is 5.60. The molecular weight excluding hydrogens is 268 g/mol. The predicted molar refractivity (Wildman–Crippen MR) is 96.5 cm³/mol. The molecule has 0 N–H and O–H groups in total. The van der Waals surface area contributed by atoms with Gasteiger partial charge in [-0.05, 0) is 33.3 Å². The van der Waals surface area contributed by atoms with Gasteiger partial charge in [-0.1, -0.05) is 48.6 Å². The van der Waals surface area contributed by atoms with Gasteiger partial charge in [0, 0.05) is 31.8 Å². The van der Waals surface area contributed by atoms with Crippen molar-refractivity contribution in [2.45, 2.75) is 27.7 Å². The third kappa shape index (κ3) is 3.44. The molecule has 0 amide bonds. The first-order chi connectivity index (χ1) is 10.8. The topological polar surface area (TPSA) is 6.48 Å². The molecule has 0 saturated carbocycles. The first-order valence-electron chi connectivity index (χ1n) is 8.45. The molecule has 0 radical (unpaired) electrons. The van der Waals surface area contributed by atoms with E-state index in [0.717, 1.165) is 26.2 Å². The van der Waals surface area contributed by atoms with E-state index in [-0.39, 0.29) is 0 Å². The van der Waals surface area contributed by atoms with Crippen LogP contribution in [-0.2, 0) is 0 Å². The van der Waals surface area contributed by atoms with Gasteiger partial charge in [0.25, 0.3) is 0 Å². The van der Waals surface area contributed by atoms with Gasteiger partial charge in [0.05, 0.1) is 11.4 Å². The smallest absolute Gasteiger partial charge is 0.0712 e. The van der Waals surface area contributed by atoms with Crippen LogP contribution >= 0.6 is 0 Å². The van der Waals surface area contributed by atoms with Gasteiger partial charge in [-0.3, -0.25) is 0 Å². The SMILES string of the molecule is CCN(CC)C1=C(N(CC)CC)C1=C1\C=C/C=C\C=C/C=C\1. The molecule has 0 saturated heterocycles. The van der Waals surface area contributed by atoms with Crippen LogP contribution in [0.1, 0.15) is 27.7 Å². The van der Waals surface area contributed by atoms with Crippen LogP contribution in [0.2, 0.25) is 0 Å². The van der Waals surface area contributed by atoms with Gasteiger partial charge in [-0.15, -0.1) is 0 Å². The monoisotopic (exact) mass is 296 g/mol. The summed E-state index contributed by atoms with van der Waals surface area (Å²) in [6.45, 7) is 13.2. The fourth-order valence-corrected chi connectivity index (χ4v) is 2.93. The second kappa shape index (κ2) is 7.88. The summed E-state index contributed by atoms with van der Waals surface area (Å²) in [5, 5.41) is 0. The quantitative estimate of drug-likeness (QED) is 0.715. The van der Waals surface area contributed by atoms with Crippen molar-refractivity contribution < 1.29 is 0 Å². The van der Waals surface area contributed by atoms with Gasteiger partial charge in [0.15, 0.2) is 0 Å². The van der Waals surface area contributed by atoms with Crippen molar-refractivity contribution in [3.63, 3.8) is 0 Å². The van der Waals surface area contributed by atoms with Crippen LogP contribution in [0.5, 0.6) is 0 Å². The lowest BCUT2D eigenvalue weighted by atomic mass is 10.1. The zero-order chi connectivity index (χ0) is 15.9. The molecule has 0 spiro atoms. The fraction of sp³-hybridized carbons (Fsp3) is 0.400. The van der Waals surface area contributed by atoms with Crippen LogP contribution in [0.15, 0.2) is 71.1 Å². The van der Waals surface area contributed by atoms with Crippen LogP contribution < -0.4 is 0 Å². The second-order valence-corrected chi connectivity index (χ2v) is 5.36. The molecule has 0 heterocycles. The van der Waals surface area contributed by atoms with Crippen molar-refractivity contribution in [2.24, 2.45) is 0 Å². The fourth-order valence-electron chi connectivity index (χ4n) is 2.93. The Balaban J connectivity index is 2.42. The molecule has 22 heavy (non-hydrogen) atoms. The molecule has 2 aliphatic rings. The highest BCUT2D eigenvalue weighted by atomic mass is 15.2. The van der Waals surface area contributed by atoms with E-state index in [1.165, 1.54) is 22.5 Å². The predicted octanol–water partition coefficient (Wildman–Crippen LogP) is 4.43. The van der Waals surface area contributed by atoms with E-state index in [1.54, 1.807) is 0 Å². The average molecular weight is 296 g/mol. The van der Waals surface area contributed by atoms with E-state index in [4.69, 9.17) is 0 Å². The van der Waals surface area contributed by atoms with Gasteiger partial charge < -0.3 is 9.80 Å². The van der Waals surface area contributed by atoms with E-state index >= 15 is 0 Å². The number of likely N-dealkylation sites (N-methyl/N-ethyl adjacent to an activating group) is 2. The van der Waals surface area contributed by atoms with Crippen molar-refractivity contribution in [1.29, 1.82) is 0 Å². The number of allylic oxidation sites excluding steroid dienone is 11. The Morgan fingerprint density at radius 3 is 1.32 bits per heavy atom. The number of hydrogen-bond donors (Lipinski definition) is 0. The average Bonchev–Trinajstić information content (AvgIpc) is 3.21. The van der Waals surface area contributed by atoms with Crippen LogP contribution in [0.3, 0.4) is 0 Å². The highest BCUT2D eigenvalue weighted by Gasteiger charge is 2.38. The molecule has 2 rings (SSSR count). The van der Waals surface area contributed by atoms with Crippen molar-refractivity contribution in [2.75, 3.05) is 26.2 Å². The third-order valence-electron chi connectivity index (χ3n) is 4.19.